The molecule has 0 amide bonds. The van der Waals surface area contributed by atoms with Crippen LogP contribution in [0.1, 0.15) is 25.7 Å². The Labute approximate surface area is 98.0 Å². The van der Waals surface area contributed by atoms with Gasteiger partial charge in [0.15, 0.2) is 0 Å². The van der Waals surface area contributed by atoms with Crippen LogP contribution in [0.25, 0.3) is 0 Å². The molecule has 0 saturated heterocycles. The normalized spacial score (nSPS) is 27.5. The molecule has 1 saturated carbocycles. The minimum absolute atomic E-state index is 0. The Morgan fingerprint density at radius 2 is 1.93 bits per heavy atom. The summed E-state index contributed by atoms with van der Waals surface area (Å²) >= 11 is 0. The highest BCUT2D eigenvalue weighted by Crippen LogP contribution is 2.17. The zero-order valence-corrected chi connectivity index (χ0v) is 10.8. The van der Waals surface area contributed by atoms with E-state index < -0.39 is 10.2 Å². The van der Waals surface area contributed by atoms with Crippen molar-refractivity contribution in [3.8, 4) is 0 Å². The summed E-state index contributed by atoms with van der Waals surface area (Å²) in [5.74, 6) is 0. The average molecular weight is 258 g/mol. The van der Waals surface area contributed by atoms with Gasteiger partial charge in [0.25, 0.3) is 10.2 Å². The summed E-state index contributed by atoms with van der Waals surface area (Å²) in [7, 11) is -0.256. The number of hydrogen-bond acceptors (Lipinski definition) is 3. The predicted molar refractivity (Wildman–Crippen MR) is 63.2 cm³/mol. The van der Waals surface area contributed by atoms with E-state index in [4.69, 9.17) is 5.73 Å². The lowest BCUT2D eigenvalue weighted by molar-refractivity contribution is 0.364. The Balaban J connectivity index is 0.00000196. The second-order valence-corrected chi connectivity index (χ2v) is 5.95. The third kappa shape index (κ3) is 4.65. The van der Waals surface area contributed by atoms with Crippen molar-refractivity contribution in [3.05, 3.63) is 0 Å². The third-order valence-corrected chi connectivity index (χ3v) is 4.10. The maximum absolute atomic E-state index is 11.5. The van der Waals surface area contributed by atoms with E-state index in [1.807, 2.05) is 0 Å². The molecule has 7 heteroatoms. The maximum Gasteiger partial charge on any atom is 0.279 e. The molecule has 1 fully saturated rings. The summed E-state index contributed by atoms with van der Waals surface area (Å²) in [5, 5.41) is 0. The molecule has 92 valence electrons. The fourth-order valence-electron chi connectivity index (χ4n) is 1.65. The van der Waals surface area contributed by atoms with Crippen molar-refractivity contribution < 1.29 is 8.42 Å². The molecule has 15 heavy (non-hydrogen) atoms. The van der Waals surface area contributed by atoms with Crippen molar-refractivity contribution in [2.24, 2.45) is 5.73 Å². The SMILES string of the molecule is CN(C)S(=O)(=O)NC1CCCC(N)C1.Cl. The van der Waals surface area contributed by atoms with Crippen LogP contribution in [0.3, 0.4) is 0 Å². The summed E-state index contributed by atoms with van der Waals surface area (Å²) in [6, 6.07) is 0.143. The van der Waals surface area contributed by atoms with E-state index in [0.29, 0.717) is 0 Å². The van der Waals surface area contributed by atoms with Gasteiger partial charge in [-0.2, -0.15) is 17.4 Å². The van der Waals surface area contributed by atoms with Gasteiger partial charge in [0.2, 0.25) is 0 Å². The van der Waals surface area contributed by atoms with Crippen LogP contribution in [0, 0.1) is 0 Å². The molecule has 0 aromatic heterocycles. The molecule has 0 spiro atoms. The second kappa shape index (κ2) is 6.00. The highest BCUT2D eigenvalue weighted by atomic mass is 35.5. The fraction of sp³-hybridized carbons (Fsp3) is 1.00. The number of nitrogens with one attached hydrogen (secondary N) is 1. The second-order valence-electron chi connectivity index (χ2n) is 4.03. The topological polar surface area (TPSA) is 75.4 Å². The van der Waals surface area contributed by atoms with Crippen LogP contribution in [-0.4, -0.2) is 38.9 Å². The molecule has 0 aromatic rings. The zero-order valence-electron chi connectivity index (χ0n) is 9.14. The molecule has 0 aromatic carbocycles. The Hall–Kier alpha value is 0.120. The first-order valence-electron chi connectivity index (χ1n) is 4.87. The number of rotatable bonds is 3. The van der Waals surface area contributed by atoms with Gasteiger partial charge in [-0.25, -0.2) is 0 Å². The van der Waals surface area contributed by atoms with Crippen LogP contribution in [0.5, 0.6) is 0 Å². The minimum Gasteiger partial charge on any atom is -0.328 e. The highest BCUT2D eigenvalue weighted by molar-refractivity contribution is 7.87. The van der Waals surface area contributed by atoms with Crippen molar-refractivity contribution >= 4 is 22.6 Å². The molecule has 3 N–H and O–H groups in total. The summed E-state index contributed by atoms with van der Waals surface area (Å²) in [6.07, 6.45) is 3.63. The molecule has 0 radical (unpaired) electrons. The fourth-order valence-corrected chi connectivity index (χ4v) is 2.50. The van der Waals surface area contributed by atoms with Crippen LogP contribution in [-0.2, 0) is 10.2 Å². The van der Waals surface area contributed by atoms with Crippen LogP contribution < -0.4 is 10.5 Å². The molecule has 0 bridgehead atoms. The van der Waals surface area contributed by atoms with E-state index in [-0.39, 0.29) is 24.5 Å². The van der Waals surface area contributed by atoms with Gasteiger partial charge < -0.3 is 5.73 Å². The van der Waals surface area contributed by atoms with E-state index in [9.17, 15) is 8.42 Å². The van der Waals surface area contributed by atoms with Crippen molar-refractivity contribution in [1.29, 1.82) is 0 Å². The monoisotopic (exact) mass is 257 g/mol. The quantitative estimate of drug-likeness (QED) is 0.752. The Morgan fingerprint density at radius 3 is 2.40 bits per heavy atom. The average Bonchev–Trinajstić information content (AvgIpc) is 2.02. The molecule has 0 aliphatic heterocycles. The summed E-state index contributed by atoms with van der Waals surface area (Å²) in [4.78, 5) is 0. The van der Waals surface area contributed by atoms with Gasteiger partial charge >= 0.3 is 0 Å². The van der Waals surface area contributed by atoms with Gasteiger partial charge in [-0.05, 0) is 19.3 Å². The van der Waals surface area contributed by atoms with Crippen molar-refractivity contribution in [2.45, 2.75) is 37.8 Å². The Morgan fingerprint density at radius 1 is 1.33 bits per heavy atom. The Kier molecular flexibility index (Phi) is 6.05. The largest absolute Gasteiger partial charge is 0.328 e. The van der Waals surface area contributed by atoms with Gasteiger partial charge in [0.05, 0.1) is 0 Å². The molecular weight excluding hydrogens is 238 g/mol. The number of nitrogens with zero attached hydrogens (tertiary/aromatic N) is 1. The van der Waals surface area contributed by atoms with E-state index in [2.05, 4.69) is 4.72 Å². The summed E-state index contributed by atoms with van der Waals surface area (Å²) in [6.45, 7) is 0. The molecule has 1 aliphatic carbocycles. The molecule has 1 aliphatic rings. The molecule has 2 unspecified atom stereocenters. The first kappa shape index (κ1) is 15.1. The van der Waals surface area contributed by atoms with Gasteiger partial charge in [-0.1, -0.05) is 6.42 Å². The van der Waals surface area contributed by atoms with E-state index in [1.54, 1.807) is 0 Å². The van der Waals surface area contributed by atoms with E-state index >= 15 is 0 Å². The molecule has 5 nitrogen and oxygen atoms in total. The lowest BCUT2D eigenvalue weighted by Crippen LogP contribution is -2.46. The number of halogens is 1. The smallest absolute Gasteiger partial charge is 0.279 e. The molecule has 1 rings (SSSR count). The van der Waals surface area contributed by atoms with Crippen molar-refractivity contribution in [3.63, 3.8) is 0 Å². The summed E-state index contributed by atoms with van der Waals surface area (Å²) < 4.78 is 26.8. The van der Waals surface area contributed by atoms with Crippen LogP contribution in [0.15, 0.2) is 0 Å². The van der Waals surface area contributed by atoms with Crippen LogP contribution in [0.4, 0.5) is 0 Å². The molecule has 2 atom stereocenters. The lowest BCUT2D eigenvalue weighted by Gasteiger charge is -2.28. The van der Waals surface area contributed by atoms with E-state index in [1.165, 1.54) is 18.4 Å². The zero-order chi connectivity index (χ0) is 10.8. The first-order valence-corrected chi connectivity index (χ1v) is 6.31. The Bertz CT molecular complexity index is 282. The molecule has 0 heterocycles. The van der Waals surface area contributed by atoms with Crippen molar-refractivity contribution in [1.82, 2.24) is 9.03 Å². The summed E-state index contributed by atoms with van der Waals surface area (Å²) in [5.41, 5.74) is 5.77. The van der Waals surface area contributed by atoms with Crippen LogP contribution in [0.2, 0.25) is 0 Å². The van der Waals surface area contributed by atoms with Gasteiger partial charge in [0.1, 0.15) is 0 Å². The third-order valence-electron chi connectivity index (χ3n) is 2.51. The maximum atomic E-state index is 11.5. The highest BCUT2D eigenvalue weighted by Gasteiger charge is 2.24. The van der Waals surface area contributed by atoms with Crippen molar-refractivity contribution in [2.75, 3.05) is 14.1 Å². The van der Waals surface area contributed by atoms with E-state index in [0.717, 1.165) is 25.7 Å². The number of hydrogen-bond donors (Lipinski definition) is 2. The first-order chi connectivity index (χ1) is 6.42. The lowest BCUT2D eigenvalue weighted by atomic mass is 9.92. The standard InChI is InChI=1S/C8H19N3O2S.ClH/c1-11(2)14(12,13)10-8-5-3-4-7(9)6-8;/h7-8,10H,3-6,9H2,1-2H3;1H. The van der Waals surface area contributed by atoms with Gasteiger partial charge in [-0.15, -0.1) is 12.4 Å². The van der Waals surface area contributed by atoms with Gasteiger partial charge in [-0.3, -0.25) is 0 Å². The van der Waals surface area contributed by atoms with Gasteiger partial charge in [0, 0.05) is 26.2 Å². The molecular formula is C8H20ClN3O2S. The minimum atomic E-state index is -3.29. The number of nitrogens with two attached hydrogens (primary N) is 1. The van der Waals surface area contributed by atoms with Crippen LogP contribution >= 0.6 is 12.4 Å². The predicted octanol–water partition coefficient (Wildman–Crippen LogP) is 0.0741.